The average Bonchev–Trinajstić information content (AvgIpc) is 2.13. The molecule has 2 rings (SSSR count). The minimum atomic E-state index is 0.410. The van der Waals surface area contributed by atoms with Crippen molar-refractivity contribution < 1.29 is 4.74 Å². The predicted molar refractivity (Wildman–Crippen MR) is 54.0 cm³/mol. The summed E-state index contributed by atoms with van der Waals surface area (Å²) in [5, 5.41) is 8.56. The number of rotatable bonds is 3. The number of hydrogen-bond donors (Lipinski definition) is 0. The van der Waals surface area contributed by atoms with Crippen LogP contribution >= 0.6 is 0 Å². The van der Waals surface area contributed by atoms with E-state index in [1.165, 1.54) is 19.3 Å². The van der Waals surface area contributed by atoms with Crippen LogP contribution < -0.4 is 4.74 Å². The molecule has 1 saturated carbocycles. The third-order valence-electron chi connectivity index (χ3n) is 2.54. The minimum Gasteiger partial charge on any atom is -0.490 e. The number of benzene rings is 1. The van der Waals surface area contributed by atoms with E-state index in [1.807, 2.05) is 24.3 Å². The quantitative estimate of drug-likeness (QED) is 0.728. The molecule has 0 heterocycles. The molecule has 2 heteroatoms. The molecule has 14 heavy (non-hydrogen) atoms. The Labute approximate surface area is 84.1 Å². The van der Waals surface area contributed by atoms with Gasteiger partial charge in [-0.05, 0) is 37.0 Å². The molecule has 1 aliphatic rings. The Morgan fingerprint density at radius 2 is 2.29 bits per heavy atom. The highest BCUT2D eigenvalue weighted by Crippen LogP contribution is 2.25. The molecule has 0 bridgehead atoms. The molecule has 0 N–H and O–H groups in total. The minimum absolute atomic E-state index is 0.410. The van der Waals surface area contributed by atoms with Gasteiger partial charge in [-0.25, -0.2) is 0 Å². The van der Waals surface area contributed by atoms with Crippen molar-refractivity contribution >= 4 is 0 Å². The van der Waals surface area contributed by atoms with Gasteiger partial charge < -0.3 is 4.74 Å². The average molecular weight is 187 g/mol. The normalized spacial score (nSPS) is 15.6. The van der Waals surface area contributed by atoms with E-state index in [0.717, 1.165) is 11.3 Å². The fourth-order valence-corrected chi connectivity index (χ4v) is 1.50. The highest BCUT2D eigenvalue weighted by molar-refractivity contribution is 5.30. The summed E-state index contributed by atoms with van der Waals surface area (Å²) in [6, 6.07) is 9.95. The van der Waals surface area contributed by atoms with E-state index in [9.17, 15) is 0 Å². The molecule has 0 aromatic heterocycles. The smallest absolute Gasteiger partial charge is 0.120 e. The van der Waals surface area contributed by atoms with Gasteiger partial charge in [0.2, 0.25) is 0 Å². The summed E-state index contributed by atoms with van der Waals surface area (Å²) in [7, 11) is 0. The van der Waals surface area contributed by atoms with Gasteiger partial charge in [0, 0.05) is 0 Å². The van der Waals surface area contributed by atoms with Gasteiger partial charge in [0.15, 0.2) is 0 Å². The summed E-state index contributed by atoms with van der Waals surface area (Å²) in [5.41, 5.74) is 1.03. The molecule has 0 atom stereocenters. The molecule has 1 fully saturated rings. The second kappa shape index (κ2) is 4.15. The molecular formula is C12H13NO. The fourth-order valence-electron chi connectivity index (χ4n) is 1.50. The maximum atomic E-state index is 8.56. The Balaban J connectivity index is 2.02. The molecule has 0 spiro atoms. The van der Waals surface area contributed by atoms with Gasteiger partial charge in [0.05, 0.1) is 18.6 Å². The zero-order chi connectivity index (χ0) is 9.80. The Hall–Kier alpha value is -1.49. The zero-order valence-electron chi connectivity index (χ0n) is 8.07. The van der Waals surface area contributed by atoms with E-state index in [1.54, 1.807) is 0 Å². The molecular weight excluding hydrogens is 174 g/mol. The van der Waals surface area contributed by atoms with E-state index in [-0.39, 0.29) is 0 Å². The van der Waals surface area contributed by atoms with Gasteiger partial charge in [0.25, 0.3) is 0 Å². The molecule has 72 valence electrons. The van der Waals surface area contributed by atoms with Crippen molar-refractivity contribution in [1.82, 2.24) is 0 Å². The standard InChI is InChI=1S/C12H13NO/c13-8-7-10-3-1-6-12(9-10)14-11-4-2-5-11/h1,3,6,9,11H,2,4-5,7H2. The lowest BCUT2D eigenvalue weighted by Crippen LogP contribution is -2.24. The molecule has 0 aliphatic heterocycles. The van der Waals surface area contributed by atoms with E-state index in [4.69, 9.17) is 10.00 Å². The first kappa shape index (κ1) is 9.08. The highest BCUT2D eigenvalue weighted by atomic mass is 16.5. The summed E-state index contributed by atoms with van der Waals surface area (Å²) in [6.07, 6.45) is 4.49. The third kappa shape index (κ3) is 2.05. The van der Waals surface area contributed by atoms with Crippen LogP contribution in [-0.2, 0) is 6.42 Å². The van der Waals surface area contributed by atoms with Crippen molar-refractivity contribution in [3.8, 4) is 11.8 Å². The lowest BCUT2D eigenvalue weighted by Gasteiger charge is -2.26. The zero-order valence-corrected chi connectivity index (χ0v) is 8.07. The first-order valence-electron chi connectivity index (χ1n) is 5.01. The molecule has 1 aliphatic carbocycles. The Morgan fingerprint density at radius 1 is 1.43 bits per heavy atom. The monoisotopic (exact) mass is 187 g/mol. The van der Waals surface area contributed by atoms with Crippen LogP contribution in [0.15, 0.2) is 24.3 Å². The summed E-state index contributed by atoms with van der Waals surface area (Å²) in [4.78, 5) is 0. The summed E-state index contributed by atoms with van der Waals surface area (Å²) >= 11 is 0. The van der Waals surface area contributed by atoms with Crippen LogP contribution in [0.2, 0.25) is 0 Å². The van der Waals surface area contributed by atoms with Crippen LogP contribution in [0.1, 0.15) is 24.8 Å². The van der Waals surface area contributed by atoms with Crippen LogP contribution in [-0.4, -0.2) is 6.10 Å². The van der Waals surface area contributed by atoms with E-state index in [2.05, 4.69) is 6.07 Å². The molecule has 0 saturated heterocycles. The Bertz CT molecular complexity index is 350. The lowest BCUT2D eigenvalue weighted by atomic mass is 9.96. The van der Waals surface area contributed by atoms with Crippen LogP contribution in [0, 0.1) is 11.3 Å². The Kier molecular flexibility index (Phi) is 2.69. The first-order chi connectivity index (χ1) is 6.88. The predicted octanol–water partition coefficient (Wildman–Crippen LogP) is 2.68. The summed E-state index contributed by atoms with van der Waals surface area (Å²) in [6.45, 7) is 0. The number of ether oxygens (including phenoxy) is 1. The molecule has 1 aromatic carbocycles. The number of nitrogens with zero attached hydrogens (tertiary/aromatic N) is 1. The van der Waals surface area contributed by atoms with Crippen molar-refractivity contribution in [2.45, 2.75) is 31.8 Å². The SMILES string of the molecule is N#CCc1cccc(OC2CCC2)c1. The first-order valence-corrected chi connectivity index (χ1v) is 5.01. The van der Waals surface area contributed by atoms with E-state index >= 15 is 0 Å². The lowest BCUT2D eigenvalue weighted by molar-refractivity contribution is 0.120. The number of nitriles is 1. The van der Waals surface area contributed by atoms with Crippen LogP contribution in [0.4, 0.5) is 0 Å². The van der Waals surface area contributed by atoms with Crippen LogP contribution in [0.25, 0.3) is 0 Å². The van der Waals surface area contributed by atoms with Crippen LogP contribution in [0.3, 0.4) is 0 Å². The van der Waals surface area contributed by atoms with Gasteiger partial charge in [0.1, 0.15) is 5.75 Å². The van der Waals surface area contributed by atoms with Gasteiger partial charge in [-0.3, -0.25) is 0 Å². The maximum absolute atomic E-state index is 8.56. The maximum Gasteiger partial charge on any atom is 0.120 e. The van der Waals surface area contributed by atoms with Crippen molar-refractivity contribution in [3.63, 3.8) is 0 Å². The van der Waals surface area contributed by atoms with E-state index in [0.29, 0.717) is 12.5 Å². The molecule has 0 radical (unpaired) electrons. The summed E-state index contributed by atoms with van der Waals surface area (Å²) < 4.78 is 5.73. The second-order valence-electron chi connectivity index (χ2n) is 3.65. The van der Waals surface area contributed by atoms with Crippen molar-refractivity contribution in [3.05, 3.63) is 29.8 Å². The Morgan fingerprint density at radius 3 is 2.93 bits per heavy atom. The van der Waals surface area contributed by atoms with Crippen molar-refractivity contribution in [1.29, 1.82) is 5.26 Å². The summed E-state index contributed by atoms with van der Waals surface area (Å²) in [5.74, 6) is 0.905. The van der Waals surface area contributed by atoms with Crippen molar-refractivity contribution in [2.75, 3.05) is 0 Å². The van der Waals surface area contributed by atoms with Crippen molar-refractivity contribution in [2.24, 2.45) is 0 Å². The molecule has 2 nitrogen and oxygen atoms in total. The second-order valence-corrected chi connectivity index (χ2v) is 3.65. The number of hydrogen-bond acceptors (Lipinski definition) is 2. The largest absolute Gasteiger partial charge is 0.490 e. The van der Waals surface area contributed by atoms with Gasteiger partial charge in [-0.15, -0.1) is 0 Å². The third-order valence-corrected chi connectivity index (χ3v) is 2.54. The fraction of sp³-hybridized carbons (Fsp3) is 0.417. The van der Waals surface area contributed by atoms with E-state index < -0.39 is 0 Å². The molecule has 0 unspecified atom stereocenters. The van der Waals surface area contributed by atoms with Crippen LogP contribution in [0.5, 0.6) is 5.75 Å². The molecule has 1 aromatic rings. The highest BCUT2D eigenvalue weighted by Gasteiger charge is 2.18. The van der Waals surface area contributed by atoms with Gasteiger partial charge >= 0.3 is 0 Å². The molecule has 0 amide bonds. The van der Waals surface area contributed by atoms with Gasteiger partial charge in [-0.2, -0.15) is 5.26 Å². The topological polar surface area (TPSA) is 33.0 Å². The van der Waals surface area contributed by atoms with Gasteiger partial charge in [-0.1, -0.05) is 12.1 Å².